The summed E-state index contributed by atoms with van der Waals surface area (Å²) >= 11 is 0.340. The molecule has 0 bridgehead atoms. The van der Waals surface area contributed by atoms with Crippen LogP contribution in [0.4, 0.5) is 17.6 Å². The number of thioether (sulfide) groups is 1. The number of alkyl halides is 3. The number of carbonyl (C=O) groups is 1. The first kappa shape index (κ1) is 23.4. The van der Waals surface area contributed by atoms with Crippen molar-refractivity contribution in [2.24, 2.45) is 0 Å². The molecule has 1 aliphatic carbocycles. The van der Waals surface area contributed by atoms with Crippen molar-refractivity contribution in [3.8, 4) is 11.1 Å². The summed E-state index contributed by atoms with van der Waals surface area (Å²) in [4.78, 5) is 34.8. The third kappa shape index (κ3) is 8.54. The van der Waals surface area contributed by atoms with E-state index in [1.54, 1.807) is 0 Å². The van der Waals surface area contributed by atoms with Gasteiger partial charge in [-0.15, -0.1) is 0 Å². The Morgan fingerprint density at radius 1 is 1.00 bits per heavy atom. The molecule has 6 nitrogen and oxygen atoms in total. The van der Waals surface area contributed by atoms with Crippen molar-refractivity contribution in [2.45, 2.75) is 70.1 Å². The molecule has 0 atom stereocenters. The molecule has 0 fully saturated rings. The summed E-state index contributed by atoms with van der Waals surface area (Å²) in [5, 5.41) is -0.487. The van der Waals surface area contributed by atoms with Gasteiger partial charge in [-0.25, -0.2) is 4.39 Å². The summed E-state index contributed by atoms with van der Waals surface area (Å²) in [6.45, 7) is 1.67. The molecule has 3 aromatic carbocycles. The average molecular weight is 692 g/mol. The van der Waals surface area contributed by atoms with Crippen LogP contribution in [0.5, 0.6) is 0 Å². The number of halogens is 4. The Morgan fingerprint density at radius 2 is 1.69 bits per heavy atom. The van der Waals surface area contributed by atoms with Gasteiger partial charge in [-0.3, -0.25) is 9.59 Å². The molecule has 0 saturated carbocycles. The van der Waals surface area contributed by atoms with Gasteiger partial charge in [0.1, 0.15) is 12.3 Å². The van der Waals surface area contributed by atoms with Gasteiger partial charge < -0.3 is 14.4 Å². The number of hydrogen-bond donors (Lipinski definition) is 0. The monoisotopic (exact) mass is 691 g/mol. The van der Waals surface area contributed by atoms with Crippen molar-refractivity contribution in [3.63, 3.8) is 0 Å². The van der Waals surface area contributed by atoms with Gasteiger partial charge in [0.15, 0.2) is 5.16 Å². The second kappa shape index (κ2) is 15.5. The lowest BCUT2D eigenvalue weighted by Gasteiger charge is -2.28. The summed E-state index contributed by atoms with van der Waals surface area (Å²) in [5.74, 6) is -1.90. The van der Waals surface area contributed by atoms with Gasteiger partial charge in [0.2, 0.25) is 5.91 Å². The summed E-state index contributed by atoms with van der Waals surface area (Å²) in [6.07, 6.45) is -4.36. The first-order valence-electron chi connectivity index (χ1n) is 20.8. The fraction of sp³-hybridized carbons (Fsp3) is 0.378. The number of likely N-dealkylation sites (N-methyl/N-ethyl adjacent to an activating group) is 1. The van der Waals surface area contributed by atoms with Gasteiger partial charge in [0, 0.05) is 39.3 Å². The van der Waals surface area contributed by atoms with E-state index in [2.05, 4.69) is 4.98 Å². The zero-order valence-corrected chi connectivity index (χ0v) is 27.3. The van der Waals surface area contributed by atoms with E-state index in [1.807, 2.05) is 18.7 Å². The number of aromatic nitrogens is 2. The van der Waals surface area contributed by atoms with E-state index < -0.39 is 117 Å². The highest BCUT2D eigenvalue weighted by Gasteiger charge is 2.32. The maximum Gasteiger partial charge on any atom is 0.416 e. The van der Waals surface area contributed by atoms with E-state index in [4.69, 9.17) is 12.3 Å². The molecule has 1 aromatic heterocycles. The van der Waals surface area contributed by atoms with E-state index in [1.165, 1.54) is 12.1 Å². The first-order valence-corrected chi connectivity index (χ1v) is 16.1. The molecule has 0 saturated heterocycles. The number of hydrogen-bond acceptors (Lipinski definition) is 5. The van der Waals surface area contributed by atoms with Crippen LogP contribution in [0.15, 0.2) is 76.5 Å². The molecular formula is C37H40F4N4O2S. The molecule has 254 valence electrons. The van der Waals surface area contributed by atoms with E-state index in [9.17, 15) is 29.9 Å². The quantitative estimate of drug-likeness (QED) is 0.0825. The van der Waals surface area contributed by atoms with Crippen molar-refractivity contribution in [1.82, 2.24) is 19.4 Å². The number of carbonyl (C=O) groups excluding carboxylic acids is 1. The van der Waals surface area contributed by atoms with E-state index in [-0.39, 0.29) is 42.8 Å². The van der Waals surface area contributed by atoms with Gasteiger partial charge in [-0.2, -0.15) is 18.2 Å². The third-order valence-corrected chi connectivity index (χ3v) is 8.64. The standard InChI is InChI=1S/C37H40F4N4O2S/c1-4-43(5-2)19-20-44(22-26-9-13-28(14-10-26)29-15-18-32(25(3)21-29)37(39,40)41)34(46)23-45-33-8-6-7-31(33)35(47)42-36(45)48-24-27-11-16-30(38)17-12-27/h9-18,21H,4-8,19-20,22-24H2,1-3H3/i9D,10D,13D,14D,15D,18D,21D,23D2,24D2. The Balaban J connectivity index is 1.66. The van der Waals surface area contributed by atoms with E-state index in [0.717, 1.165) is 28.5 Å². The lowest BCUT2D eigenvalue weighted by atomic mass is 9.98. The number of amides is 1. The predicted octanol–water partition coefficient (Wildman–Crippen LogP) is 7.53. The first-order chi connectivity index (χ1) is 27.4. The van der Waals surface area contributed by atoms with Crippen LogP contribution < -0.4 is 5.56 Å². The van der Waals surface area contributed by atoms with Crippen molar-refractivity contribution in [1.29, 1.82) is 0 Å². The van der Waals surface area contributed by atoms with Crippen LogP contribution in [0, 0.1) is 12.7 Å². The molecule has 5 rings (SSSR count). The molecule has 1 aliphatic rings. The minimum atomic E-state index is -5.10. The summed E-state index contributed by atoms with van der Waals surface area (Å²) in [6, 6.07) is -2.28. The van der Waals surface area contributed by atoms with Gasteiger partial charge in [0.25, 0.3) is 5.56 Å². The minimum Gasteiger partial charge on any atom is -0.336 e. The number of nitrogens with zero attached hydrogens (tertiary/aromatic N) is 4. The minimum absolute atomic E-state index is 0.0368. The van der Waals surface area contributed by atoms with Crippen molar-refractivity contribution >= 4 is 17.7 Å². The van der Waals surface area contributed by atoms with Gasteiger partial charge in [0.05, 0.1) is 17.9 Å². The Hall–Kier alpha value is -3.96. The lowest BCUT2D eigenvalue weighted by molar-refractivity contribution is -0.138. The molecule has 0 unspecified atom stereocenters. The highest BCUT2D eigenvalue weighted by Crippen LogP contribution is 2.34. The fourth-order valence-electron chi connectivity index (χ4n) is 5.19. The van der Waals surface area contributed by atoms with Crippen LogP contribution in [0.3, 0.4) is 0 Å². The van der Waals surface area contributed by atoms with Crippen LogP contribution in [-0.2, 0) is 42.6 Å². The maximum absolute atomic E-state index is 14.7. The second-order valence-corrected chi connectivity index (χ2v) is 11.8. The summed E-state index contributed by atoms with van der Waals surface area (Å²) < 4.78 is 153. The van der Waals surface area contributed by atoms with Gasteiger partial charge >= 0.3 is 6.18 Å². The SMILES string of the molecule is [2H]c1c([2H])c(-c2c([2H])c([2H])c(C(F)(F)F)c(C)c2[2H])c([2H])c([2H])c1CN(CCN(CC)CC)C(=O)C([2H])([2H])n1c(SC([2H])([2H])c2ccc(F)cc2)nc(=O)c2c1CCC2. The van der Waals surface area contributed by atoms with Crippen LogP contribution in [0.25, 0.3) is 11.1 Å². The van der Waals surface area contributed by atoms with Crippen molar-refractivity contribution in [3.05, 3.63) is 116 Å². The largest absolute Gasteiger partial charge is 0.416 e. The van der Waals surface area contributed by atoms with Crippen molar-refractivity contribution < 1.29 is 37.4 Å². The van der Waals surface area contributed by atoms with Crippen LogP contribution in [-0.4, -0.2) is 51.4 Å². The zero-order chi connectivity index (χ0) is 44.1. The number of benzene rings is 3. The Kier molecular flexibility index (Phi) is 7.56. The number of fused-ring (bicyclic) bond motifs is 1. The fourth-order valence-corrected chi connectivity index (χ4v) is 5.91. The molecule has 4 aromatic rings. The molecule has 48 heavy (non-hydrogen) atoms. The molecule has 11 heteroatoms. The lowest BCUT2D eigenvalue weighted by Crippen LogP contribution is -2.40. The van der Waals surface area contributed by atoms with E-state index in [0.29, 0.717) is 31.3 Å². The average Bonchev–Trinajstić information content (AvgIpc) is 3.65. The van der Waals surface area contributed by atoms with Gasteiger partial charge in [-0.05, 0) is 85.3 Å². The number of rotatable bonds is 13. The Bertz CT molecular complexity index is 2300. The second-order valence-electron chi connectivity index (χ2n) is 11.0. The zero-order valence-electron chi connectivity index (χ0n) is 37.5. The van der Waals surface area contributed by atoms with Crippen LogP contribution >= 0.6 is 11.8 Å². The van der Waals surface area contributed by atoms with Gasteiger partial charge in [-0.1, -0.05) is 74.0 Å². The normalized spacial score (nSPS) is 16.7. The van der Waals surface area contributed by atoms with Crippen LogP contribution in [0.1, 0.15) is 68.9 Å². The topological polar surface area (TPSA) is 58.4 Å². The molecule has 0 aliphatic heterocycles. The molecule has 0 spiro atoms. The Labute approximate surface area is 298 Å². The van der Waals surface area contributed by atoms with Crippen molar-refractivity contribution in [2.75, 3.05) is 26.2 Å². The summed E-state index contributed by atoms with van der Waals surface area (Å²) in [5.41, 5.74) is -7.09. The summed E-state index contributed by atoms with van der Waals surface area (Å²) in [7, 11) is 0. The highest BCUT2D eigenvalue weighted by atomic mass is 32.2. The molecule has 0 radical (unpaired) electrons. The third-order valence-electron chi connectivity index (χ3n) is 7.84. The predicted molar refractivity (Wildman–Crippen MR) is 181 cm³/mol. The Morgan fingerprint density at radius 3 is 2.35 bits per heavy atom. The molecule has 0 N–H and O–H groups in total. The van der Waals surface area contributed by atoms with E-state index >= 15 is 0 Å². The van der Waals surface area contributed by atoms with Crippen LogP contribution in [0.2, 0.25) is 0 Å². The smallest absolute Gasteiger partial charge is 0.336 e. The molecule has 1 amide bonds. The molecular weight excluding hydrogens is 640 g/mol. The molecule has 1 heterocycles. The highest BCUT2D eigenvalue weighted by molar-refractivity contribution is 7.98. The maximum atomic E-state index is 14.7.